The molecule has 2 saturated heterocycles. The van der Waals surface area contributed by atoms with E-state index in [0.717, 1.165) is 9.80 Å². The molecule has 6 aromatic rings. The first-order chi connectivity index (χ1) is 62.8. The number of phenols is 3. The van der Waals surface area contributed by atoms with Gasteiger partial charge in [0.05, 0.1) is 37.7 Å². The number of benzene rings is 4. The van der Waals surface area contributed by atoms with Crippen molar-refractivity contribution in [1.29, 1.82) is 0 Å². The largest absolute Gasteiger partial charge is 0.508 e. The number of aromatic nitrogens is 3. The Labute approximate surface area is 755 Å². The first kappa shape index (κ1) is 103. The molecule has 0 aliphatic carbocycles. The molecule has 8 rings (SSSR count). The van der Waals surface area contributed by atoms with E-state index in [-0.39, 0.29) is 113 Å². The molecule has 4 heterocycles. The van der Waals surface area contributed by atoms with Gasteiger partial charge in [-0.25, -0.2) is 9.78 Å². The van der Waals surface area contributed by atoms with E-state index < -0.39 is 249 Å². The number of fused-ring (bicyclic) bond motifs is 1. The molecule has 2 fully saturated rings. The number of nitrogens with one attached hydrogen (secondary N) is 14. The van der Waals surface area contributed by atoms with Crippen molar-refractivity contribution in [3.63, 3.8) is 0 Å². The van der Waals surface area contributed by atoms with Crippen LogP contribution >= 0.6 is 0 Å². The maximum atomic E-state index is 15.1. The topological polar surface area (TPSA) is 746 Å². The average Bonchev–Trinajstić information content (AvgIpc) is 1.65. The van der Waals surface area contributed by atoms with Crippen molar-refractivity contribution < 1.29 is 127 Å². The van der Waals surface area contributed by atoms with Crippen LogP contribution in [0.4, 0.5) is 0 Å². The molecule has 2 aliphatic heterocycles. The molecule has 46 heteroatoms. The van der Waals surface area contributed by atoms with Crippen LogP contribution in [0.25, 0.3) is 10.9 Å². The number of aliphatic carboxylic acids is 4. The van der Waals surface area contributed by atoms with E-state index in [2.05, 4.69) is 78.8 Å². The smallest absolute Gasteiger partial charge is 0.326 e. The third-order valence-corrected chi connectivity index (χ3v) is 21.9. The predicted octanol–water partition coefficient (Wildman–Crippen LogP) is -4.95. The second-order valence-corrected chi connectivity index (χ2v) is 32.5. The lowest BCUT2D eigenvalue weighted by molar-refractivity contribution is -0.148. The van der Waals surface area contributed by atoms with Crippen molar-refractivity contribution >= 4 is 112 Å². The maximum absolute atomic E-state index is 15.1. The van der Waals surface area contributed by atoms with Crippen LogP contribution in [0.15, 0.2) is 116 Å². The quantitative estimate of drug-likeness (QED) is 0.0126. The Morgan fingerprint density at radius 2 is 0.841 bits per heavy atom. The molecular weight excluding hydrogens is 1730 g/mol. The lowest BCUT2D eigenvalue weighted by atomic mass is 10.0. The number of aromatic hydroxyl groups is 3. The molecule has 132 heavy (non-hydrogen) atoms. The number of imidazole rings is 1. The number of nitrogens with zero attached hydrogens (tertiary/aromatic N) is 3. The van der Waals surface area contributed by atoms with E-state index in [9.17, 15) is 118 Å². The first-order valence-corrected chi connectivity index (χ1v) is 42.7. The van der Waals surface area contributed by atoms with Crippen LogP contribution in [0.3, 0.4) is 0 Å². The number of rotatable bonds is 52. The van der Waals surface area contributed by atoms with Crippen LogP contribution in [-0.2, 0) is 114 Å². The summed E-state index contributed by atoms with van der Waals surface area (Å²) in [4.78, 5) is 249. The van der Waals surface area contributed by atoms with Crippen LogP contribution in [-0.4, -0.2) is 295 Å². The van der Waals surface area contributed by atoms with E-state index in [4.69, 9.17) is 17.2 Å². The van der Waals surface area contributed by atoms with Gasteiger partial charge in [-0.05, 0) is 135 Å². The molecule has 46 nitrogen and oxygen atoms in total. The van der Waals surface area contributed by atoms with Crippen molar-refractivity contribution in [2.75, 3.05) is 32.8 Å². The van der Waals surface area contributed by atoms with Crippen LogP contribution < -0.4 is 81.0 Å². The van der Waals surface area contributed by atoms with Crippen LogP contribution in [0.2, 0.25) is 0 Å². The van der Waals surface area contributed by atoms with Gasteiger partial charge in [-0.1, -0.05) is 68.4 Å². The lowest BCUT2D eigenvalue weighted by Crippen LogP contribution is -2.62. The first-order valence-electron chi connectivity index (χ1n) is 42.7. The van der Waals surface area contributed by atoms with Gasteiger partial charge in [0, 0.05) is 81.3 Å². The summed E-state index contributed by atoms with van der Waals surface area (Å²) in [5, 5.41) is 121. The Bertz CT molecular complexity index is 5020. The molecule has 0 saturated carbocycles. The van der Waals surface area contributed by atoms with Crippen molar-refractivity contribution in [3.05, 3.63) is 144 Å². The van der Waals surface area contributed by atoms with Gasteiger partial charge < -0.3 is 141 Å². The summed E-state index contributed by atoms with van der Waals surface area (Å²) in [6.45, 7) is 0.614. The summed E-state index contributed by atoms with van der Waals surface area (Å²) in [6.07, 6.45) is -1.70. The third-order valence-electron chi connectivity index (χ3n) is 21.9. The highest BCUT2D eigenvalue weighted by Gasteiger charge is 2.44. The number of aliphatic hydroxyl groups is 2. The highest BCUT2D eigenvalue weighted by Crippen LogP contribution is 2.26. The zero-order valence-corrected chi connectivity index (χ0v) is 72.3. The minimum Gasteiger partial charge on any atom is -0.508 e. The van der Waals surface area contributed by atoms with E-state index >= 15 is 9.59 Å². The van der Waals surface area contributed by atoms with Gasteiger partial charge >= 0.3 is 23.9 Å². The maximum Gasteiger partial charge on any atom is 0.326 e. The molecule has 714 valence electrons. The van der Waals surface area contributed by atoms with Crippen molar-refractivity contribution in [1.82, 2.24) is 88.6 Å². The lowest BCUT2D eigenvalue weighted by Gasteiger charge is -2.32. The average molecular weight is 1840 g/mol. The number of hydrogen-bond donors (Lipinski definition) is 26. The van der Waals surface area contributed by atoms with E-state index in [1.807, 2.05) is 0 Å². The fourth-order valence-corrected chi connectivity index (χ4v) is 15.0. The molecule has 14 atom stereocenters. The van der Waals surface area contributed by atoms with Crippen LogP contribution in [0.5, 0.6) is 17.2 Å². The van der Waals surface area contributed by atoms with Crippen LogP contribution in [0, 0.1) is 5.92 Å². The highest BCUT2D eigenvalue weighted by molar-refractivity contribution is 6.01. The van der Waals surface area contributed by atoms with Gasteiger partial charge in [-0.2, -0.15) is 0 Å². The van der Waals surface area contributed by atoms with E-state index in [0.29, 0.717) is 33.3 Å². The number of aromatic amines is 2. The van der Waals surface area contributed by atoms with E-state index in [1.165, 1.54) is 85.3 Å². The molecule has 2 aliphatic rings. The summed E-state index contributed by atoms with van der Waals surface area (Å²) in [7, 11) is 0. The van der Waals surface area contributed by atoms with Gasteiger partial charge in [-0.3, -0.25) is 82.0 Å². The van der Waals surface area contributed by atoms with Crippen molar-refractivity contribution in [2.45, 2.75) is 214 Å². The minimum atomic E-state index is -2.09. The number of amides is 13. The number of likely N-dealkylation sites (tertiary alicyclic amines) is 2. The van der Waals surface area contributed by atoms with Crippen LogP contribution in [0.1, 0.15) is 119 Å². The molecule has 29 N–H and O–H groups in total. The number of carbonyl (C=O) groups excluding carboxylic acids is 13. The number of carbonyl (C=O) groups is 17. The normalized spacial score (nSPS) is 16.3. The molecule has 4 aromatic carbocycles. The fourth-order valence-electron chi connectivity index (χ4n) is 15.0. The monoisotopic (exact) mass is 1840 g/mol. The van der Waals surface area contributed by atoms with Gasteiger partial charge in [-0.15, -0.1) is 0 Å². The number of hydrogen-bond acceptors (Lipinski definition) is 27. The Balaban J connectivity index is 0.974. The van der Waals surface area contributed by atoms with E-state index in [1.54, 1.807) is 44.3 Å². The zero-order valence-electron chi connectivity index (χ0n) is 72.3. The molecule has 2 aromatic heterocycles. The fraction of sp³-hybridized carbons (Fsp3) is 0.465. The number of carboxylic acids is 4. The molecular formula is C86H114N20O26. The SMILES string of the molecule is CC(C)C[C@H](NC(=O)[C@H](CO)NC(=O)[C@H](CO)NC(=O)[C@H](CCC(=O)O)NC(=O)[C@H](Cc1ccc(O)cc1)NC(=O)[C@H](Cc1ccc(O)cc1)NC(=O)[C@H](CCCNC(N)N)NC(=O)[C@@H](N)Cc1c[nH]cn1)C(=O)N[C@@H](CCC(=O)O)C(=O)N1CCC[C@H]1C(=O)N[C@@H](Cc1c[nH]c2ccccc12)C(=O)N[C@@H](Cc1ccc(O)cc1)C(=O)N1CCC[C@H]1C(=O)N[C@@H](CC(=O)O)C(=O)O. The standard InChI is InChI=1S/C86H114N20O26/c1-44(2)32-59(75(121)96-58(26-28-70(114)115)83(129)105-30-6-11-67(105)81(127)100-62(36-48-39-92-55-9-4-3-8-53(48)55)78(124)101-63(35-47-17-23-52(111)24-18-47)84(130)106-31-7-12-68(106)82(128)102-64(85(131)132)38-71(116)117)97-79(125)65(41-107)104-80(126)66(42-108)103-74(120)57(25-27-69(112)113)95-76(122)60(33-45-13-19-50(109)20-14-45)99-77(123)61(34-46-15-21-51(110)22-16-46)98-73(119)56(10-5-29-91-86(88)89)94-72(118)54(87)37-49-40-90-43-93-49/h3-4,8-9,13-24,39-40,43-44,54,56-68,86,91-92,107-111H,5-7,10-12,25-38,41-42,87-89H2,1-2H3,(H,90,93)(H,94,118)(H,95,122)(H,96,121)(H,97,125)(H,98,119)(H,99,123)(H,100,127)(H,101,124)(H,102,128)(H,103,120)(H,104,126)(H,112,113)(H,114,115)(H,116,117)(H,131,132)/t54-,56-,57-,58-,59-,60-,61-,62-,63-,64-,65-,66-,67-,68-/m0/s1. The second kappa shape index (κ2) is 50.1. The van der Waals surface area contributed by atoms with Gasteiger partial charge in [0.1, 0.15) is 102 Å². The third kappa shape index (κ3) is 31.6. The van der Waals surface area contributed by atoms with Gasteiger partial charge in [0.25, 0.3) is 0 Å². The molecule has 0 bridgehead atoms. The van der Waals surface area contributed by atoms with Crippen molar-refractivity contribution in [2.24, 2.45) is 23.1 Å². The summed E-state index contributed by atoms with van der Waals surface area (Å²) < 4.78 is 0. The highest BCUT2D eigenvalue weighted by atomic mass is 16.4. The Hall–Kier alpha value is -14.2. The summed E-state index contributed by atoms with van der Waals surface area (Å²) in [6, 6.07) is -0.143. The summed E-state index contributed by atoms with van der Waals surface area (Å²) in [5.41, 5.74) is 20.1. The Morgan fingerprint density at radius 3 is 1.30 bits per heavy atom. The Morgan fingerprint density at radius 1 is 0.439 bits per heavy atom. The molecule has 13 amide bonds. The number of phenolic OH excluding ortho intramolecular Hbond substituents is 3. The minimum absolute atomic E-state index is 0.00728. The number of para-hydroxylation sites is 1. The van der Waals surface area contributed by atoms with Gasteiger partial charge in [0.2, 0.25) is 76.8 Å². The number of carboxylic acid groups (broad SMARTS) is 4. The molecule has 0 radical (unpaired) electrons. The van der Waals surface area contributed by atoms with Gasteiger partial charge in [0.15, 0.2) is 0 Å². The Kier molecular flexibility index (Phi) is 39.1. The number of H-pyrrole nitrogens is 2. The molecule has 0 spiro atoms. The molecule has 0 unspecified atom stereocenters. The summed E-state index contributed by atoms with van der Waals surface area (Å²) in [5.74, 6) is -21.0. The number of aliphatic hydroxyl groups excluding tert-OH is 2. The zero-order chi connectivity index (χ0) is 96.6. The second-order valence-electron chi connectivity index (χ2n) is 32.5. The number of nitrogens with two attached hydrogens (primary N) is 3. The predicted molar refractivity (Wildman–Crippen MR) is 465 cm³/mol. The summed E-state index contributed by atoms with van der Waals surface area (Å²) >= 11 is 0. The van der Waals surface area contributed by atoms with Crippen molar-refractivity contribution in [3.8, 4) is 17.2 Å².